The van der Waals surface area contributed by atoms with Gasteiger partial charge in [0.05, 0.1) is 11.4 Å². The van der Waals surface area contributed by atoms with Crippen LogP contribution in [0, 0.1) is 11.7 Å². The predicted octanol–water partition coefficient (Wildman–Crippen LogP) is 3.15. The minimum atomic E-state index is -0.257. The Morgan fingerprint density at radius 1 is 1.19 bits per heavy atom. The fraction of sp³-hybridized carbons (Fsp3) is 0.542. The van der Waals surface area contributed by atoms with Gasteiger partial charge in [-0.1, -0.05) is 13.8 Å². The molecule has 0 bridgehead atoms. The molecule has 2 N–H and O–H groups in total. The SMILES string of the molecule is CCC(CC)C(=O)N1CCC(NC(=NC)NCCc2ccn(-c3ccc(F)cc3)n2)CC1. The van der Waals surface area contributed by atoms with Crippen LogP contribution >= 0.6 is 0 Å². The number of benzene rings is 1. The second-order valence-electron chi connectivity index (χ2n) is 8.23. The number of aliphatic imine (C=N–C) groups is 1. The van der Waals surface area contributed by atoms with Crippen molar-refractivity contribution in [3.05, 3.63) is 48.0 Å². The number of likely N-dealkylation sites (tertiary alicyclic amines) is 1. The molecule has 1 amide bonds. The van der Waals surface area contributed by atoms with Crippen LogP contribution in [0.15, 0.2) is 41.5 Å². The summed E-state index contributed by atoms with van der Waals surface area (Å²) >= 11 is 0. The van der Waals surface area contributed by atoms with E-state index in [4.69, 9.17) is 0 Å². The van der Waals surface area contributed by atoms with Crippen LogP contribution in [0.5, 0.6) is 0 Å². The van der Waals surface area contributed by atoms with E-state index in [1.807, 2.05) is 17.2 Å². The van der Waals surface area contributed by atoms with Crippen LogP contribution < -0.4 is 10.6 Å². The molecular weight excluding hydrogens is 407 g/mol. The van der Waals surface area contributed by atoms with E-state index >= 15 is 0 Å². The molecule has 1 aromatic carbocycles. The van der Waals surface area contributed by atoms with Crippen LogP contribution in [0.2, 0.25) is 0 Å². The number of hydrogen-bond acceptors (Lipinski definition) is 3. The van der Waals surface area contributed by atoms with E-state index in [0.717, 1.165) is 62.5 Å². The third-order valence-electron chi connectivity index (χ3n) is 6.11. The molecule has 1 saturated heterocycles. The van der Waals surface area contributed by atoms with E-state index < -0.39 is 0 Å². The minimum absolute atomic E-state index is 0.153. The van der Waals surface area contributed by atoms with Gasteiger partial charge in [0.25, 0.3) is 0 Å². The van der Waals surface area contributed by atoms with Crippen LogP contribution in [0.1, 0.15) is 45.2 Å². The Morgan fingerprint density at radius 3 is 2.50 bits per heavy atom. The van der Waals surface area contributed by atoms with Crippen molar-refractivity contribution in [2.45, 2.75) is 52.0 Å². The molecule has 0 saturated carbocycles. The first-order chi connectivity index (χ1) is 15.5. The highest BCUT2D eigenvalue weighted by atomic mass is 19.1. The Kier molecular flexibility index (Phi) is 8.64. The molecule has 32 heavy (non-hydrogen) atoms. The smallest absolute Gasteiger partial charge is 0.225 e. The first-order valence-corrected chi connectivity index (χ1v) is 11.6. The van der Waals surface area contributed by atoms with Crippen molar-refractivity contribution >= 4 is 11.9 Å². The summed E-state index contributed by atoms with van der Waals surface area (Å²) in [6.07, 6.45) is 6.30. The van der Waals surface area contributed by atoms with Crippen LogP contribution in [0.25, 0.3) is 5.69 Å². The molecule has 0 atom stereocenters. The number of aromatic nitrogens is 2. The zero-order valence-corrected chi connectivity index (χ0v) is 19.4. The van der Waals surface area contributed by atoms with Crippen molar-refractivity contribution in [1.82, 2.24) is 25.3 Å². The first kappa shape index (κ1) is 23.8. The summed E-state index contributed by atoms with van der Waals surface area (Å²) in [7, 11) is 1.77. The molecule has 174 valence electrons. The van der Waals surface area contributed by atoms with Crippen molar-refractivity contribution in [2.75, 3.05) is 26.7 Å². The Balaban J connectivity index is 1.41. The molecule has 1 aliphatic rings. The molecule has 0 spiro atoms. The summed E-state index contributed by atoms with van der Waals surface area (Å²) in [4.78, 5) is 18.9. The lowest BCUT2D eigenvalue weighted by atomic mass is 9.98. The largest absolute Gasteiger partial charge is 0.356 e. The van der Waals surface area contributed by atoms with Gasteiger partial charge >= 0.3 is 0 Å². The van der Waals surface area contributed by atoms with E-state index in [2.05, 4.69) is 34.6 Å². The summed E-state index contributed by atoms with van der Waals surface area (Å²) in [5.41, 5.74) is 1.78. The molecule has 0 radical (unpaired) electrons. The van der Waals surface area contributed by atoms with E-state index in [1.165, 1.54) is 12.1 Å². The topological polar surface area (TPSA) is 74.6 Å². The Morgan fingerprint density at radius 2 is 1.88 bits per heavy atom. The lowest BCUT2D eigenvalue weighted by Gasteiger charge is -2.34. The fourth-order valence-corrected chi connectivity index (χ4v) is 4.07. The number of carbonyl (C=O) groups is 1. The Labute approximate surface area is 190 Å². The summed E-state index contributed by atoms with van der Waals surface area (Å²) in [6, 6.07) is 8.55. The Bertz CT molecular complexity index is 882. The Hall–Kier alpha value is -2.90. The molecule has 2 aromatic rings. The average molecular weight is 443 g/mol. The summed E-state index contributed by atoms with van der Waals surface area (Å²) in [6.45, 7) is 6.47. The van der Waals surface area contributed by atoms with Gasteiger partial charge in [0.1, 0.15) is 5.82 Å². The molecule has 0 aliphatic carbocycles. The molecule has 1 aromatic heterocycles. The van der Waals surface area contributed by atoms with E-state index in [1.54, 1.807) is 23.9 Å². The van der Waals surface area contributed by atoms with E-state index in [-0.39, 0.29) is 11.7 Å². The fourth-order valence-electron chi connectivity index (χ4n) is 4.07. The van der Waals surface area contributed by atoms with Gasteiger partial charge in [0, 0.05) is 51.3 Å². The summed E-state index contributed by atoms with van der Waals surface area (Å²) in [5, 5.41) is 11.4. The molecule has 2 heterocycles. The van der Waals surface area contributed by atoms with Crippen LogP contribution in [-0.2, 0) is 11.2 Å². The zero-order valence-electron chi connectivity index (χ0n) is 19.4. The highest BCUT2D eigenvalue weighted by molar-refractivity contribution is 5.80. The van der Waals surface area contributed by atoms with Gasteiger partial charge in [-0.25, -0.2) is 9.07 Å². The van der Waals surface area contributed by atoms with Gasteiger partial charge in [-0.15, -0.1) is 0 Å². The first-order valence-electron chi connectivity index (χ1n) is 11.6. The van der Waals surface area contributed by atoms with E-state index in [0.29, 0.717) is 18.5 Å². The lowest BCUT2D eigenvalue weighted by molar-refractivity contribution is -0.136. The molecular formula is C24H35FN6O. The zero-order chi connectivity index (χ0) is 22.9. The maximum atomic E-state index is 13.1. The monoisotopic (exact) mass is 442 g/mol. The highest BCUT2D eigenvalue weighted by Gasteiger charge is 2.26. The van der Waals surface area contributed by atoms with Crippen molar-refractivity contribution in [2.24, 2.45) is 10.9 Å². The van der Waals surface area contributed by atoms with Crippen molar-refractivity contribution in [3.8, 4) is 5.69 Å². The molecule has 7 nitrogen and oxygen atoms in total. The van der Waals surface area contributed by atoms with Crippen molar-refractivity contribution < 1.29 is 9.18 Å². The standard InChI is InChI=1S/C24H35FN6O/c1-4-18(5-2)23(32)30-15-11-20(12-16-30)28-24(26-3)27-14-10-21-13-17-31(29-21)22-8-6-19(25)7-9-22/h6-9,13,17-18,20H,4-5,10-12,14-16H2,1-3H3,(H2,26,27,28). The third kappa shape index (κ3) is 6.31. The quantitative estimate of drug-likeness (QED) is 0.487. The lowest BCUT2D eigenvalue weighted by Crippen LogP contribution is -2.50. The van der Waals surface area contributed by atoms with Crippen LogP contribution in [0.4, 0.5) is 4.39 Å². The molecule has 0 unspecified atom stereocenters. The second kappa shape index (κ2) is 11.6. The summed E-state index contributed by atoms with van der Waals surface area (Å²) in [5.74, 6) is 0.969. The number of nitrogens with one attached hydrogen (secondary N) is 2. The predicted molar refractivity (Wildman–Crippen MR) is 125 cm³/mol. The summed E-state index contributed by atoms with van der Waals surface area (Å²) < 4.78 is 14.8. The normalized spacial score (nSPS) is 15.3. The van der Waals surface area contributed by atoms with Crippen molar-refractivity contribution in [3.63, 3.8) is 0 Å². The number of amides is 1. The molecule has 1 fully saturated rings. The average Bonchev–Trinajstić information content (AvgIpc) is 3.29. The number of hydrogen-bond donors (Lipinski definition) is 2. The molecule has 1 aliphatic heterocycles. The van der Waals surface area contributed by atoms with Crippen LogP contribution in [0.3, 0.4) is 0 Å². The number of piperidine rings is 1. The highest BCUT2D eigenvalue weighted by Crippen LogP contribution is 2.17. The van der Waals surface area contributed by atoms with Gasteiger partial charge in [-0.05, 0) is 56.0 Å². The van der Waals surface area contributed by atoms with Gasteiger partial charge in [0.15, 0.2) is 5.96 Å². The minimum Gasteiger partial charge on any atom is -0.356 e. The maximum Gasteiger partial charge on any atom is 0.225 e. The van der Waals surface area contributed by atoms with Gasteiger partial charge < -0.3 is 15.5 Å². The number of guanidine groups is 1. The number of nitrogens with zero attached hydrogens (tertiary/aromatic N) is 4. The van der Waals surface area contributed by atoms with Gasteiger partial charge in [0.2, 0.25) is 5.91 Å². The number of halogens is 1. The van der Waals surface area contributed by atoms with Crippen LogP contribution in [-0.4, -0.2) is 59.3 Å². The third-order valence-corrected chi connectivity index (χ3v) is 6.11. The maximum absolute atomic E-state index is 13.1. The van der Waals surface area contributed by atoms with E-state index in [9.17, 15) is 9.18 Å². The number of rotatable bonds is 8. The second-order valence-corrected chi connectivity index (χ2v) is 8.23. The molecule has 3 rings (SSSR count). The van der Waals surface area contributed by atoms with Crippen molar-refractivity contribution in [1.29, 1.82) is 0 Å². The van der Waals surface area contributed by atoms with Gasteiger partial charge in [-0.3, -0.25) is 9.79 Å². The van der Waals surface area contributed by atoms with Gasteiger partial charge in [-0.2, -0.15) is 5.10 Å². The number of carbonyl (C=O) groups excluding carboxylic acids is 1. The molecule has 8 heteroatoms.